The first-order chi connectivity index (χ1) is 17.3. The van der Waals surface area contributed by atoms with E-state index in [4.69, 9.17) is 0 Å². The molecular formula is C25H27N7O3S. The highest BCUT2D eigenvalue weighted by Crippen LogP contribution is 2.41. The molecule has 11 heteroatoms. The number of rotatable bonds is 6. The largest absolute Gasteiger partial charge is 0.347 e. The van der Waals surface area contributed by atoms with Gasteiger partial charge in [0.05, 0.1) is 36.4 Å². The van der Waals surface area contributed by atoms with E-state index in [0.717, 1.165) is 46.6 Å². The number of imidazole rings is 1. The lowest BCUT2D eigenvalue weighted by Crippen LogP contribution is -2.37. The van der Waals surface area contributed by atoms with E-state index in [1.54, 1.807) is 10.6 Å². The summed E-state index contributed by atoms with van der Waals surface area (Å²) in [4.78, 5) is 22.2. The van der Waals surface area contributed by atoms with Gasteiger partial charge in [-0.05, 0) is 37.0 Å². The first-order valence-electron chi connectivity index (χ1n) is 12.0. The summed E-state index contributed by atoms with van der Waals surface area (Å²) in [6, 6.07) is 9.83. The van der Waals surface area contributed by atoms with Crippen LogP contribution in [0.15, 0.2) is 42.7 Å². The lowest BCUT2D eigenvalue weighted by atomic mass is 10.1. The number of sulfonamides is 1. The molecule has 0 atom stereocenters. The van der Waals surface area contributed by atoms with Crippen LogP contribution < -0.4 is 5.32 Å². The Morgan fingerprint density at radius 2 is 1.94 bits per heavy atom. The Bertz CT molecular complexity index is 1580. The Labute approximate surface area is 209 Å². The van der Waals surface area contributed by atoms with Crippen LogP contribution in [0.3, 0.4) is 0 Å². The van der Waals surface area contributed by atoms with Crippen LogP contribution in [0.1, 0.15) is 51.8 Å². The van der Waals surface area contributed by atoms with Gasteiger partial charge in [0.2, 0.25) is 15.8 Å². The van der Waals surface area contributed by atoms with E-state index in [1.165, 1.54) is 10.6 Å². The highest BCUT2D eigenvalue weighted by Gasteiger charge is 2.33. The number of nitrogens with zero attached hydrogens (tertiary/aromatic N) is 6. The van der Waals surface area contributed by atoms with Crippen LogP contribution in [0.2, 0.25) is 0 Å². The van der Waals surface area contributed by atoms with Crippen LogP contribution in [0, 0.1) is 6.92 Å². The molecule has 2 aliphatic rings. The third-order valence-electron chi connectivity index (χ3n) is 6.75. The zero-order valence-corrected chi connectivity index (χ0v) is 21.0. The van der Waals surface area contributed by atoms with Crippen molar-refractivity contribution in [1.29, 1.82) is 0 Å². The molecule has 4 heterocycles. The molecule has 1 N–H and O–H groups in total. The van der Waals surface area contributed by atoms with Gasteiger partial charge in [-0.2, -0.15) is 9.40 Å². The maximum absolute atomic E-state index is 13.2. The van der Waals surface area contributed by atoms with Gasteiger partial charge in [0.1, 0.15) is 5.69 Å². The number of hydrogen-bond acceptors (Lipinski definition) is 6. The van der Waals surface area contributed by atoms with Gasteiger partial charge in [-0.3, -0.25) is 13.9 Å². The van der Waals surface area contributed by atoms with Crippen LogP contribution in [0.5, 0.6) is 0 Å². The fourth-order valence-electron chi connectivity index (χ4n) is 4.64. The number of hydrogen-bond donors (Lipinski definition) is 1. The third-order valence-corrected chi connectivity index (χ3v) is 8.00. The van der Waals surface area contributed by atoms with Gasteiger partial charge in [0.15, 0.2) is 0 Å². The average molecular weight is 506 g/mol. The molecule has 1 saturated carbocycles. The normalized spacial score (nSPS) is 16.3. The van der Waals surface area contributed by atoms with E-state index in [-0.39, 0.29) is 5.91 Å². The lowest BCUT2D eigenvalue weighted by Gasteiger charge is -2.25. The molecule has 0 unspecified atom stereocenters. The van der Waals surface area contributed by atoms with Crippen molar-refractivity contribution >= 4 is 21.7 Å². The predicted octanol–water partition coefficient (Wildman–Crippen LogP) is 2.48. The highest BCUT2D eigenvalue weighted by molar-refractivity contribution is 7.88. The Balaban J connectivity index is 1.17. The second-order valence-electron chi connectivity index (χ2n) is 9.64. The Morgan fingerprint density at radius 1 is 1.17 bits per heavy atom. The molecule has 0 saturated heterocycles. The third kappa shape index (κ3) is 4.28. The minimum atomic E-state index is -3.23. The molecule has 1 aliphatic heterocycles. The molecule has 0 radical (unpaired) electrons. The standard InChI is InChI=1S/C25H27N7O3S/c1-16-12-27-25-28-22(19-7-8-19)23(31(25)14-16)24(33)26-13-17-3-5-18(6-4-17)21-11-20-15-30(36(2,34)35)9-10-32(20)29-21/h3-6,11-12,14,19H,7-10,13,15H2,1-2H3,(H,26,33). The number of nitrogens with one attached hydrogen (secondary N) is 1. The van der Waals surface area contributed by atoms with Crippen LogP contribution in [0.25, 0.3) is 17.0 Å². The average Bonchev–Trinajstić information content (AvgIpc) is 3.50. The number of amides is 1. The fourth-order valence-corrected chi connectivity index (χ4v) is 5.42. The van der Waals surface area contributed by atoms with Crippen molar-refractivity contribution in [3.05, 3.63) is 70.9 Å². The molecule has 186 valence electrons. The van der Waals surface area contributed by atoms with E-state index in [1.807, 2.05) is 48.1 Å². The number of benzene rings is 1. The summed E-state index contributed by atoms with van der Waals surface area (Å²) in [6.45, 7) is 3.63. The molecule has 1 fully saturated rings. The van der Waals surface area contributed by atoms with Gasteiger partial charge >= 0.3 is 0 Å². The van der Waals surface area contributed by atoms with E-state index in [0.29, 0.717) is 43.6 Å². The summed E-state index contributed by atoms with van der Waals surface area (Å²) in [5.74, 6) is 0.731. The summed E-state index contributed by atoms with van der Waals surface area (Å²) < 4.78 is 28.9. The van der Waals surface area contributed by atoms with Crippen LogP contribution >= 0.6 is 0 Å². The van der Waals surface area contributed by atoms with Crippen LogP contribution in [0.4, 0.5) is 0 Å². The minimum Gasteiger partial charge on any atom is -0.347 e. The lowest BCUT2D eigenvalue weighted by molar-refractivity contribution is 0.0944. The molecular weight excluding hydrogens is 478 g/mol. The molecule has 1 aliphatic carbocycles. The Morgan fingerprint density at radius 3 is 2.67 bits per heavy atom. The summed E-state index contributed by atoms with van der Waals surface area (Å²) >= 11 is 0. The SMILES string of the molecule is Cc1cnc2nc(C3CC3)c(C(=O)NCc3ccc(-c4cc5n(n4)CCN(S(C)(=O)=O)C5)cc3)n2c1. The summed E-state index contributed by atoms with van der Waals surface area (Å²) in [7, 11) is -3.23. The van der Waals surface area contributed by atoms with Gasteiger partial charge < -0.3 is 5.32 Å². The smallest absolute Gasteiger partial charge is 0.270 e. The number of carbonyl (C=O) groups is 1. The molecule has 1 aromatic carbocycles. The first kappa shape index (κ1) is 22.9. The number of aryl methyl sites for hydroxylation is 1. The van der Waals surface area contributed by atoms with Crippen LogP contribution in [-0.4, -0.2) is 55.6 Å². The number of fused-ring (bicyclic) bond motifs is 2. The van der Waals surface area contributed by atoms with Crippen molar-refractivity contribution in [3.63, 3.8) is 0 Å². The minimum absolute atomic E-state index is 0.155. The number of aromatic nitrogens is 5. The zero-order chi connectivity index (χ0) is 25.0. The number of carbonyl (C=O) groups excluding carboxylic acids is 1. The summed E-state index contributed by atoms with van der Waals surface area (Å²) in [5.41, 5.74) is 5.97. The monoisotopic (exact) mass is 505 g/mol. The van der Waals surface area contributed by atoms with Gasteiger partial charge in [-0.15, -0.1) is 0 Å². The van der Waals surface area contributed by atoms with Gasteiger partial charge in [0.25, 0.3) is 5.91 Å². The van der Waals surface area contributed by atoms with Crippen molar-refractivity contribution in [2.75, 3.05) is 12.8 Å². The van der Waals surface area contributed by atoms with Crippen LogP contribution in [-0.2, 0) is 29.7 Å². The maximum Gasteiger partial charge on any atom is 0.270 e. The maximum atomic E-state index is 13.2. The molecule has 36 heavy (non-hydrogen) atoms. The second-order valence-corrected chi connectivity index (χ2v) is 11.6. The van der Waals surface area contributed by atoms with E-state index in [2.05, 4.69) is 20.4 Å². The first-order valence-corrected chi connectivity index (χ1v) is 13.8. The molecule has 0 spiro atoms. The highest BCUT2D eigenvalue weighted by atomic mass is 32.2. The van der Waals surface area contributed by atoms with Crippen molar-refractivity contribution in [2.45, 2.75) is 45.3 Å². The van der Waals surface area contributed by atoms with Crippen molar-refractivity contribution < 1.29 is 13.2 Å². The Kier molecular flexibility index (Phi) is 5.41. The van der Waals surface area contributed by atoms with Gasteiger partial charge in [-0.25, -0.2) is 18.4 Å². The predicted molar refractivity (Wildman–Crippen MR) is 134 cm³/mol. The summed E-state index contributed by atoms with van der Waals surface area (Å²) in [5, 5.41) is 7.70. The van der Waals surface area contributed by atoms with Crippen molar-refractivity contribution in [1.82, 2.24) is 33.8 Å². The van der Waals surface area contributed by atoms with Crippen molar-refractivity contribution in [2.24, 2.45) is 0 Å². The van der Waals surface area contributed by atoms with E-state index in [9.17, 15) is 13.2 Å². The van der Waals surface area contributed by atoms with Gasteiger partial charge in [0, 0.05) is 37.0 Å². The quantitative estimate of drug-likeness (QED) is 0.431. The molecule has 1 amide bonds. The second kappa shape index (κ2) is 8.52. The molecule has 3 aromatic heterocycles. The fraction of sp³-hybridized carbons (Fsp3) is 0.360. The summed E-state index contributed by atoms with van der Waals surface area (Å²) in [6.07, 6.45) is 7.01. The molecule has 10 nitrogen and oxygen atoms in total. The Hall–Kier alpha value is -3.57. The van der Waals surface area contributed by atoms with E-state index < -0.39 is 10.0 Å². The molecule has 6 rings (SSSR count). The van der Waals surface area contributed by atoms with Gasteiger partial charge in [-0.1, -0.05) is 24.3 Å². The molecule has 4 aromatic rings. The topological polar surface area (TPSA) is 114 Å². The van der Waals surface area contributed by atoms with E-state index >= 15 is 0 Å². The zero-order valence-electron chi connectivity index (χ0n) is 20.2. The molecule has 0 bridgehead atoms. The van der Waals surface area contributed by atoms with Crippen molar-refractivity contribution in [3.8, 4) is 11.3 Å².